The molecule has 4 aromatic rings. The smallest absolute Gasteiger partial charge is 0.340 e. The van der Waals surface area contributed by atoms with E-state index in [9.17, 15) is 4.79 Å². The van der Waals surface area contributed by atoms with E-state index >= 15 is 0 Å². The molecule has 0 bridgehead atoms. The minimum Gasteiger partial charge on any atom is -0.480 e. The molecule has 0 N–H and O–H groups in total. The van der Waals surface area contributed by atoms with Crippen molar-refractivity contribution in [3.05, 3.63) is 65.7 Å². The number of benzene rings is 2. The molecule has 0 atom stereocenters. The Kier molecular flexibility index (Phi) is 5.01. The summed E-state index contributed by atoms with van der Waals surface area (Å²) in [6.07, 6.45) is 7.04. The molecule has 0 saturated carbocycles. The average Bonchev–Trinajstić information content (AvgIpc) is 3.33. The van der Waals surface area contributed by atoms with Gasteiger partial charge in [0.05, 0.1) is 30.5 Å². The van der Waals surface area contributed by atoms with Gasteiger partial charge in [0.15, 0.2) is 0 Å². The average molecular weight is 387 g/mol. The number of ether oxygens (including phenoxy) is 2. The van der Waals surface area contributed by atoms with Crippen LogP contribution in [0.5, 0.6) is 5.75 Å². The highest BCUT2D eigenvalue weighted by Crippen LogP contribution is 2.38. The van der Waals surface area contributed by atoms with E-state index < -0.39 is 0 Å². The Labute approximate surface area is 168 Å². The van der Waals surface area contributed by atoms with Crippen LogP contribution in [-0.2, 0) is 11.3 Å². The summed E-state index contributed by atoms with van der Waals surface area (Å²) in [5.74, 6) is 3.59. The Hall–Kier alpha value is -3.65. The van der Waals surface area contributed by atoms with Crippen LogP contribution in [0, 0.1) is 19.3 Å². The zero-order valence-electron chi connectivity index (χ0n) is 16.4. The number of furan rings is 1. The molecule has 0 aliphatic heterocycles. The van der Waals surface area contributed by atoms with Crippen LogP contribution >= 0.6 is 0 Å². The number of fused-ring (bicyclic) bond motifs is 3. The zero-order chi connectivity index (χ0) is 20.4. The Morgan fingerprint density at radius 3 is 2.66 bits per heavy atom. The fourth-order valence-electron chi connectivity index (χ4n) is 3.76. The lowest BCUT2D eigenvalue weighted by Gasteiger charge is -2.12. The van der Waals surface area contributed by atoms with Gasteiger partial charge in [-0.15, -0.1) is 6.42 Å². The second kappa shape index (κ2) is 7.76. The van der Waals surface area contributed by atoms with Crippen LogP contribution in [0.15, 0.2) is 53.1 Å². The fourth-order valence-corrected chi connectivity index (χ4v) is 3.76. The van der Waals surface area contributed by atoms with Crippen molar-refractivity contribution in [1.29, 1.82) is 0 Å². The normalized spacial score (nSPS) is 10.9. The largest absolute Gasteiger partial charge is 0.480 e. The van der Waals surface area contributed by atoms with Gasteiger partial charge in [-0.05, 0) is 32.0 Å². The maximum atomic E-state index is 12.8. The van der Waals surface area contributed by atoms with Crippen molar-refractivity contribution in [3.63, 3.8) is 0 Å². The van der Waals surface area contributed by atoms with Gasteiger partial charge in [0, 0.05) is 21.9 Å². The summed E-state index contributed by atoms with van der Waals surface area (Å²) >= 11 is 0. The molecule has 5 heteroatoms. The third-order valence-corrected chi connectivity index (χ3v) is 4.97. The van der Waals surface area contributed by atoms with Gasteiger partial charge in [-0.25, -0.2) is 4.79 Å². The molecule has 2 aromatic heterocycles. The fraction of sp³-hybridized carbons (Fsp3) is 0.208. The minimum atomic E-state index is -0.355. The number of terminal acetylenes is 1. The van der Waals surface area contributed by atoms with Crippen molar-refractivity contribution < 1.29 is 18.7 Å². The van der Waals surface area contributed by atoms with E-state index in [0.717, 1.165) is 33.1 Å². The van der Waals surface area contributed by atoms with Crippen LogP contribution in [0.4, 0.5) is 0 Å². The van der Waals surface area contributed by atoms with Crippen LogP contribution in [-0.4, -0.2) is 23.8 Å². The lowest BCUT2D eigenvalue weighted by Crippen LogP contribution is -2.08. The highest BCUT2D eigenvalue weighted by atomic mass is 16.5. The van der Waals surface area contributed by atoms with E-state index in [1.54, 1.807) is 13.2 Å². The number of rotatable bonds is 6. The van der Waals surface area contributed by atoms with Crippen molar-refractivity contribution in [2.75, 3.05) is 13.2 Å². The summed E-state index contributed by atoms with van der Waals surface area (Å²) in [4.78, 5) is 12.8. The number of esters is 1. The first kappa shape index (κ1) is 18.7. The molecule has 0 spiro atoms. The SMILES string of the molecule is C#CCOc1cc2c(C(=O)OCC)c(C)n(Cc3ccco3)c2c2ccccc12. The van der Waals surface area contributed by atoms with Crippen molar-refractivity contribution in [2.24, 2.45) is 0 Å². The van der Waals surface area contributed by atoms with Crippen molar-refractivity contribution in [2.45, 2.75) is 20.4 Å². The van der Waals surface area contributed by atoms with Crippen molar-refractivity contribution >= 4 is 27.6 Å². The third kappa shape index (κ3) is 3.23. The first-order valence-electron chi connectivity index (χ1n) is 9.46. The molecule has 4 rings (SSSR count). The van der Waals surface area contributed by atoms with Gasteiger partial charge in [0.25, 0.3) is 0 Å². The molecule has 0 radical (unpaired) electrons. The highest BCUT2D eigenvalue weighted by molar-refractivity contribution is 6.16. The molecule has 0 aliphatic rings. The Bertz CT molecular complexity index is 1230. The van der Waals surface area contributed by atoms with E-state index in [4.69, 9.17) is 20.3 Å². The van der Waals surface area contributed by atoms with Gasteiger partial charge >= 0.3 is 5.97 Å². The standard InChI is InChI=1S/C24H21NO4/c1-4-12-29-21-14-20-22(24(26)27-5-2)16(3)25(15-17-9-8-13-28-17)23(20)19-11-7-6-10-18(19)21/h1,6-11,13-14H,5,12,15H2,2-3H3. The maximum Gasteiger partial charge on any atom is 0.340 e. The summed E-state index contributed by atoms with van der Waals surface area (Å²) in [6.45, 7) is 4.68. The summed E-state index contributed by atoms with van der Waals surface area (Å²) in [5.41, 5.74) is 2.28. The van der Waals surface area contributed by atoms with E-state index in [1.807, 2.05) is 49.4 Å². The Balaban J connectivity index is 2.06. The first-order chi connectivity index (χ1) is 14.2. The summed E-state index contributed by atoms with van der Waals surface area (Å²) < 4.78 is 18.8. The van der Waals surface area contributed by atoms with Crippen LogP contribution in [0.2, 0.25) is 0 Å². The summed E-state index contributed by atoms with van der Waals surface area (Å²) in [5, 5.41) is 2.68. The van der Waals surface area contributed by atoms with E-state index in [-0.39, 0.29) is 12.6 Å². The van der Waals surface area contributed by atoms with Crippen LogP contribution in [0.3, 0.4) is 0 Å². The van der Waals surface area contributed by atoms with Gasteiger partial charge in [-0.3, -0.25) is 0 Å². The number of carbonyl (C=O) groups is 1. The first-order valence-corrected chi connectivity index (χ1v) is 9.46. The number of nitrogens with zero attached hydrogens (tertiary/aromatic N) is 1. The molecule has 5 nitrogen and oxygen atoms in total. The predicted octanol–water partition coefficient (Wildman–Crippen LogP) is 4.93. The van der Waals surface area contributed by atoms with Gasteiger partial charge in [-0.1, -0.05) is 30.2 Å². The van der Waals surface area contributed by atoms with E-state index in [1.165, 1.54) is 0 Å². The zero-order valence-corrected chi connectivity index (χ0v) is 16.4. The van der Waals surface area contributed by atoms with E-state index in [2.05, 4.69) is 10.5 Å². The molecule has 0 amide bonds. The quantitative estimate of drug-likeness (QED) is 0.348. The molecule has 0 unspecified atom stereocenters. The van der Waals surface area contributed by atoms with Gasteiger partial charge in [-0.2, -0.15) is 0 Å². The minimum absolute atomic E-state index is 0.149. The van der Waals surface area contributed by atoms with Crippen molar-refractivity contribution in [3.8, 4) is 18.1 Å². The second-order valence-corrected chi connectivity index (χ2v) is 6.66. The molecule has 29 heavy (non-hydrogen) atoms. The predicted molar refractivity (Wildman–Crippen MR) is 112 cm³/mol. The van der Waals surface area contributed by atoms with Crippen LogP contribution < -0.4 is 4.74 Å². The summed E-state index contributed by atoms with van der Waals surface area (Å²) in [7, 11) is 0. The molecule has 2 aromatic carbocycles. The Morgan fingerprint density at radius 2 is 1.97 bits per heavy atom. The number of aromatic nitrogens is 1. The molecule has 0 fully saturated rings. The van der Waals surface area contributed by atoms with Crippen molar-refractivity contribution in [1.82, 2.24) is 4.57 Å². The number of hydrogen-bond acceptors (Lipinski definition) is 4. The van der Waals surface area contributed by atoms with Gasteiger partial charge in [0.2, 0.25) is 0 Å². The number of carbonyl (C=O) groups excluding carboxylic acids is 1. The lowest BCUT2D eigenvalue weighted by atomic mass is 10.0. The monoisotopic (exact) mass is 387 g/mol. The lowest BCUT2D eigenvalue weighted by molar-refractivity contribution is 0.0527. The Morgan fingerprint density at radius 1 is 1.17 bits per heavy atom. The molecule has 0 saturated heterocycles. The molecule has 146 valence electrons. The van der Waals surface area contributed by atoms with Gasteiger partial charge in [0.1, 0.15) is 18.1 Å². The molecule has 0 aliphatic carbocycles. The maximum absolute atomic E-state index is 12.8. The van der Waals surface area contributed by atoms with E-state index in [0.29, 0.717) is 24.5 Å². The summed E-state index contributed by atoms with van der Waals surface area (Å²) in [6, 6.07) is 13.6. The van der Waals surface area contributed by atoms with Crippen LogP contribution in [0.1, 0.15) is 28.7 Å². The highest BCUT2D eigenvalue weighted by Gasteiger charge is 2.24. The molecular weight excluding hydrogens is 366 g/mol. The topological polar surface area (TPSA) is 53.6 Å². The second-order valence-electron chi connectivity index (χ2n) is 6.66. The third-order valence-electron chi connectivity index (χ3n) is 4.97. The van der Waals surface area contributed by atoms with Gasteiger partial charge < -0.3 is 18.5 Å². The molecular formula is C24H21NO4. The number of hydrogen-bond donors (Lipinski definition) is 0. The molecule has 2 heterocycles. The van der Waals surface area contributed by atoms with Crippen LogP contribution in [0.25, 0.3) is 21.7 Å².